The van der Waals surface area contributed by atoms with Gasteiger partial charge in [-0.25, -0.2) is 9.55 Å². The minimum Gasteiger partial charge on any atom is -0.293 e. The number of imidazole rings is 1. The molecule has 1 aromatic heterocycles. The number of Topliss-reactive ketones (excluding diaryl/α,β-unsaturated/α-hetero) is 1. The van der Waals surface area contributed by atoms with Gasteiger partial charge < -0.3 is 0 Å². The lowest BCUT2D eigenvalue weighted by molar-refractivity contribution is -0.205. The van der Waals surface area contributed by atoms with Crippen LogP contribution in [0.4, 0.5) is 13.2 Å². The molecule has 15 heavy (non-hydrogen) atoms. The molecule has 0 N–H and O–H groups in total. The first-order valence-electron chi connectivity index (χ1n) is 4.41. The van der Waals surface area contributed by atoms with Gasteiger partial charge in [0.2, 0.25) is 0 Å². The molecule has 84 valence electrons. The van der Waals surface area contributed by atoms with E-state index in [0.29, 0.717) is 0 Å². The highest BCUT2D eigenvalue weighted by Crippen LogP contribution is 2.27. The average Bonchev–Trinajstić information content (AvgIpc) is 2.45. The van der Waals surface area contributed by atoms with Crippen molar-refractivity contribution in [1.82, 2.24) is 9.55 Å². The highest BCUT2D eigenvalue weighted by Gasteiger charge is 2.34. The summed E-state index contributed by atoms with van der Waals surface area (Å²) in [5.41, 5.74) is -0.156. The number of carbonyl (C=O) groups excluding carboxylic acids is 1. The van der Waals surface area contributed by atoms with Gasteiger partial charge in [0.05, 0.1) is 0 Å². The molecule has 0 bridgehead atoms. The molecule has 0 radical (unpaired) electrons. The van der Waals surface area contributed by atoms with Gasteiger partial charge in [-0.2, -0.15) is 0 Å². The molecule has 3 nitrogen and oxygen atoms in total. The molecular weight excluding hydrogens is 209 g/mol. The van der Waals surface area contributed by atoms with E-state index in [1.807, 2.05) is 0 Å². The van der Waals surface area contributed by atoms with Crippen molar-refractivity contribution in [3.63, 3.8) is 0 Å². The maximum Gasteiger partial charge on any atom is 0.489 e. The second-order valence-corrected chi connectivity index (χ2v) is 3.53. The van der Waals surface area contributed by atoms with Crippen LogP contribution in [0.3, 0.4) is 0 Å². The van der Waals surface area contributed by atoms with Gasteiger partial charge in [-0.15, -0.1) is 13.2 Å². The molecule has 0 aliphatic rings. The lowest BCUT2D eigenvalue weighted by atomic mass is 10.2. The van der Waals surface area contributed by atoms with Crippen LogP contribution in [-0.4, -0.2) is 15.3 Å². The molecule has 0 unspecified atom stereocenters. The molecule has 0 saturated heterocycles. The Bertz CT molecular complexity index is 379. The number of aromatic nitrogens is 2. The Kier molecular flexibility index (Phi) is 2.88. The number of carbonyl (C=O) groups is 1. The van der Waals surface area contributed by atoms with Crippen molar-refractivity contribution in [2.45, 2.75) is 33.0 Å². The summed E-state index contributed by atoms with van der Waals surface area (Å²) < 4.78 is 37.6. The fraction of sp³-hybridized carbons (Fsp3) is 0.556. The third-order valence-electron chi connectivity index (χ3n) is 1.88. The topological polar surface area (TPSA) is 34.9 Å². The van der Waals surface area contributed by atoms with Gasteiger partial charge in [0.1, 0.15) is 11.5 Å². The lowest BCUT2D eigenvalue weighted by Gasteiger charge is -2.12. The van der Waals surface area contributed by atoms with E-state index in [2.05, 4.69) is 4.98 Å². The third-order valence-corrected chi connectivity index (χ3v) is 1.88. The first-order chi connectivity index (χ1) is 6.73. The van der Waals surface area contributed by atoms with Crippen LogP contribution in [0.5, 0.6) is 0 Å². The quantitative estimate of drug-likeness (QED) is 0.718. The van der Waals surface area contributed by atoms with E-state index in [1.54, 1.807) is 13.8 Å². The Hall–Kier alpha value is -1.33. The Morgan fingerprint density at radius 2 is 2.00 bits per heavy atom. The summed E-state index contributed by atoms with van der Waals surface area (Å²) >= 11 is 0. The zero-order valence-electron chi connectivity index (χ0n) is 8.59. The van der Waals surface area contributed by atoms with E-state index < -0.39 is 12.1 Å². The van der Waals surface area contributed by atoms with Crippen LogP contribution in [0.25, 0.3) is 0 Å². The largest absolute Gasteiger partial charge is 0.489 e. The SMILES string of the molecule is CC(=O)c1cn(C(F)(F)F)c(C(C)C)n1. The van der Waals surface area contributed by atoms with Crippen molar-refractivity contribution in [2.75, 3.05) is 0 Å². The van der Waals surface area contributed by atoms with E-state index in [4.69, 9.17) is 0 Å². The maximum atomic E-state index is 12.5. The molecule has 6 heteroatoms. The van der Waals surface area contributed by atoms with E-state index in [-0.39, 0.29) is 22.0 Å². The minimum atomic E-state index is -4.53. The predicted molar refractivity (Wildman–Crippen MR) is 47.6 cm³/mol. The van der Waals surface area contributed by atoms with Crippen molar-refractivity contribution in [3.8, 4) is 0 Å². The molecule has 0 aliphatic carbocycles. The zero-order chi connectivity index (χ0) is 11.8. The number of hydrogen-bond donors (Lipinski definition) is 0. The number of ketones is 1. The molecule has 0 fully saturated rings. The maximum absolute atomic E-state index is 12.5. The molecule has 1 rings (SSSR count). The van der Waals surface area contributed by atoms with Gasteiger partial charge in [0, 0.05) is 19.0 Å². The molecule has 1 heterocycles. The Morgan fingerprint density at radius 3 is 2.27 bits per heavy atom. The number of nitrogens with zero attached hydrogens (tertiary/aromatic N) is 2. The van der Waals surface area contributed by atoms with Gasteiger partial charge in [0.15, 0.2) is 5.78 Å². The van der Waals surface area contributed by atoms with Gasteiger partial charge >= 0.3 is 6.30 Å². The summed E-state index contributed by atoms with van der Waals surface area (Å²) in [6.07, 6.45) is -3.79. The number of alkyl halides is 3. The smallest absolute Gasteiger partial charge is 0.293 e. The van der Waals surface area contributed by atoms with Crippen molar-refractivity contribution in [3.05, 3.63) is 17.7 Å². The van der Waals surface area contributed by atoms with Crippen LogP contribution in [0, 0.1) is 0 Å². The average molecular weight is 220 g/mol. The second-order valence-electron chi connectivity index (χ2n) is 3.53. The lowest BCUT2D eigenvalue weighted by Crippen LogP contribution is -2.19. The molecule has 0 aromatic carbocycles. The predicted octanol–water partition coefficient (Wildman–Crippen LogP) is 2.69. The van der Waals surface area contributed by atoms with Crippen molar-refractivity contribution >= 4 is 5.78 Å². The first kappa shape index (κ1) is 11.7. The van der Waals surface area contributed by atoms with Crippen molar-refractivity contribution in [1.29, 1.82) is 0 Å². The van der Waals surface area contributed by atoms with Crippen LogP contribution in [0.15, 0.2) is 6.20 Å². The fourth-order valence-electron chi connectivity index (χ4n) is 1.17. The normalized spacial score (nSPS) is 12.2. The summed E-state index contributed by atoms with van der Waals surface area (Å²) in [5.74, 6) is -1.01. The number of rotatable bonds is 2. The highest BCUT2D eigenvalue weighted by atomic mass is 19.4. The molecular formula is C9H11F3N2O. The first-order valence-corrected chi connectivity index (χ1v) is 4.41. The van der Waals surface area contributed by atoms with Gasteiger partial charge in [-0.05, 0) is 0 Å². The zero-order valence-corrected chi connectivity index (χ0v) is 8.59. The Labute approximate surface area is 84.9 Å². The molecule has 0 saturated carbocycles. The molecule has 1 aromatic rings. The Morgan fingerprint density at radius 1 is 1.47 bits per heavy atom. The summed E-state index contributed by atoms with van der Waals surface area (Å²) in [6, 6.07) is 0. The summed E-state index contributed by atoms with van der Waals surface area (Å²) in [5, 5.41) is 0. The second kappa shape index (κ2) is 3.67. The molecule has 0 spiro atoms. The van der Waals surface area contributed by atoms with Crippen LogP contribution in [0.1, 0.15) is 43.0 Å². The summed E-state index contributed by atoms with van der Waals surface area (Å²) in [6.45, 7) is 4.37. The number of halogens is 3. The number of hydrogen-bond acceptors (Lipinski definition) is 2. The van der Waals surface area contributed by atoms with E-state index >= 15 is 0 Å². The van der Waals surface area contributed by atoms with Crippen LogP contribution >= 0.6 is 0 Å². The molecule has 0 aliphatic heterocycles. The van der Waals surface area contributed by atoms with E-state index in [9.17, 15) is 18.0 Å². The van der Waals surface area contributed by atoms with Gasteiger partial charge in [0.25, 0.3) is 0 Å². The van der Waals surface area contributed by atoms with Crippen LogP contribution in [0.2, 0.25) is 0 Å². The van der Waals surface area contributed by atoms with Crippen molar-refractivity contribution in [2.24, 2.45) is 0 Å². The standard InChI is InChI=1S/C9H11F3N2O/c1-5(2)8-13-7(6(3)15)4-14(8)9(10,11)12/h4-5H,1-3H3. The Balaban J connectivity index is 3.30. The van der Waals surface area contributed by atoms with E-state index in [0.717, 1.165) is 6.20 Å². The third kappa shape index (κ3) is 2.37. The van der Waals surface area contributed by atoms with Crippen LogP contribution < -0.4 is 0 Å². The summed E-state index contributed by atoms with van der Waals surface area (Å²) in [7, 11) is 0. The molecule has 0 amide bonds. The monoisotopic (exact) mass is 220 g/mol. The van der Waals surface area contributed by atoms with Gasteiger partial charge in [-0.1, -0.05) is 13.8 Å². The molecule has 0 atom stereocenters. The van der Waals surface area contributed by atoms with Crippen molar-refractivity contribution < 1.29 is 18.0 Å². The fourth-order valence-corrected chi connectivity index (χ4v) is 1.17. The highest BCUT2D eigenvalue weighted by molar-refractivity contribution is 5.91. The van der Waals surface area contributed by atoms with E-state index in [1.165, 1.54) is 6.92 Å². The van der Waals surface area contributed by atoms with Gasteiger partial charge in [-0.3, -0.25) is 4.79 Å². The van der Waals surface area contributed by atoms with Crippen LogP contribution in [-0.2, 0) is 6.30 Å². The minimum absolute atomic E-state index is 0.0917. The summed E-state index contributed by atoms with van der Waals surface area (Å²) in [4.78, 5) is 14.6.